The van der Waals surface area contributed by atoms with Gasteiger partial charge in [0.25, 0.3) is 5.56 Å². The lowest BCUT2D eigenvalue weighted by molar-refractivity contribution is 0.808. The zero-order valence-electron chi connectivity index (χ0n) is 6.71. The second kappa shape index (κ2) is 2.59. The Labute approximate surface area is 70.2 Å². The molecule has 0 saturated heterocycles. The summed E-state index contributed by atoms with van der Waals surface area (Å²) in [6.45, 7) is 3.70. The van der Waals surface area contributed by atoms with Gasteiger partial charge in [0.05, 0.1) is 12.0 Å². The molecular weight excluding hydrogens is 152 g/mol. The van der Waals surface area contributed by atoms with E-state index >= 15 is 0 Å². The molecule has 0 saturated carbocycles. The summed E-state index contributed by atoms with van der Waals surface area (Å²) < 4.78 is 0. The van der Waals surface area contributed by atoms with Gasteiger partial charge in [0.15, 0.2) is 0 Å². The summed E-state index contributed by atoms with van der Waals surface area (Å²) in [7, 11) is 0. The van der Waals surface area contributed by atoms with E-state index in [4.69, 9.17) is 0 Å². The van der Waals surface area contributed by atoms with Crippen LogP contribution in [0, 0.1) is 0 Å². The number of hydrogen-bond acceptors (Lipinski definition) is 2. The lowest BCUT2D eigenvalue weighted by Gasteiger charge is -2.01. The van der Waals surface area contributed by atoms with E-state index in [2.05, 4.69) is 16.5 Å². The lowest BCUT2D eigenvalue weighted by Crippen LogP contribution is -2.14. The van der Waals surface area contributed by atoms with Crippen molar-refractivity contribution >= 4 is 0 Å². The monoisotopic (exact) mass is 162 g/mol. The highest BCUT2D eigenvalue weighted by Crippen LogP contribution is 2.28. The van der Waals surface area contributed by atoms with Gasteiger partial charge in [0.2, 0.25) is 0 Å². The molecule has 0 unspecified atom stereocenters. The molecule has 62 valence electrons. The summed E-state index contributed by atoms with van der Waals surface area (Å²) in [5.41, 5.74) is 1.73. The summed E-state index contributed by atoms with van der Waals surface area (Å²) >= 11 is 0. The van der Waals surface area contributed by atoms with Crippen LogP contribution in [0.25, 0.3) is 0 Å². The van der Waals surface area contributed by atoms with Crippen LogP contribution in [0.5, 0.6) is 0 Å². The van der Waals surface area contributed by atoms with E-state index in [9.17, 15) is 4.79 Å². The fraction of sp³-hybridized carbons (Fsp3) is 0.333. The topological polar surface area (TPSA) is 45.8 Å². The van der Waals surface area contributed by atoms with Crippen molar-refractivity contribution in [1.29, 1.82) is 0 Å². The Bertz CT molecular complexity index is 367. The largest absolute Gasteiger partial charge is 0.313 e. The highest BCUT2D eigenvalue weighted by Gasteiger charge is 2.23. The molecule has 1 aromatic rings. The number of aromatic nitrogens is 2. The molecule has 0 amide bonds. The Morgan fingerprint density at radius 3 is 3.33 bits per heavy atom. The van der Waals surface area contributed by atoms with Crippen molar-refractivity contribution in [1.82, 2.24) is 9.97 Å². The molecule has 0 aromatic carbocycles. The predicted molar refractivity (Wildman–Crippen MR) is 46.1 cm³/mol. The number of fused-ring (bicyclic) bond motifs is 1. The first kappa shape index (κ1) is 7.28. The third-order valence-electron chi connectivity index (χ3n) is 2.32. The van der Waals surface area contributed by atoms with Crippen LogP contribution in [0.1, 0.15) is 23.6 Å². The standard InChI is InChI=1S/C9H10N2O/c1-2-6-3-4-7-8(6)9(12)11-5-10-7/h2,5-6H,1,3-4H2,(H,10,11,12)/t6-/m1/s1. The van der Waals surface area contributed by atoms with Gasteiger partial charge in [0, 0.05) is 11.5 Å². The minimum absolute atomic E-state index is 0.0117. The van der Waals surface area contributed by atoms with Gasteiger partial charge in [-0.2, -0.15) is 0 Å². The Kier molecular flexibility index (Phi) is 1.57. The van der Waals surface area contributed by atoms with Crippen molar-refractivity contribution in [2.75, 3.05) is 0 Å². The van der Waals surface area contributed by atoms with Crippen molar-refractivity contribution in [2.45, 2.75) is 18.8 Å². The zero-order chi connectivity index (χ0) is 8.55. The SMILES string of the molecule is C=C[C@@H]1CCc2nc[nH]c(=O)c21. The van der Waals surface area contributed by atoms with E-state index in [0.29, 0.717) is 0 Å². The second-order valence-corrected chi connectivity index (χ2v) is 2.97. The van der Waals surface area contributed by atoms with Crippen LogP contribution in [0.2, 0.25) is 0 Å². The second-order valence-electron chi connectivity index (χ2n) is 2.97. The van der Waals surface area contributed by atoms with Gasteiger partial charge in [-0.3, -0.25) is 4.79 Å². The summed E-state index contributed by atoms with van der Waals surface area (Å²) in [6, 6.07) is 0. The third kappa shape index (κ3) is 0.897. The van der Waals surface area contributed by atoms with E-state index in [-0.39, 0.29) is 11.5 Å². The van der Waals surface area contributed by atoms with Crippen LogP contribution in [-0.4, -0.2) is 9.97 Å². The van der Waals surface area contributed by atoms with E-state index < -0.39 is 0 Å². The molecule has 1 aromatic heterocycles. The highest BCUT2D eigenvalue weighted by molar-refractivity contribution is 5.29. The van der Waals surface area contributed by atoms with Crippen molar-refractivity contribution in [3.63, 3.8) is 0 Å². The quantitative estimate of drug-likeness (QED) is 0.626. The fourth-order valence-corrected chi connectivity index (χ4v) is 1.70. The minimum Gasteiger partial charge on any atom is -0.313 e. The van der Waals surface area contributed by atoms with Gasteiger partial charge in [-0.1, -0.05) is 6.08 Å². The first-order valence-electron chi connectivity index (χ1n) is 4.02. The number of H-pyrrole nitrogens is 1. The maximum atomic E-state index is 11.3. The van der Waals surface area contributed by atoms with Crippen LogP contribution >= 0.6 is 0 Å². The van der Waals surface area contributed by atoms with Crippen molar-refractivity contribution in [2.24, 2.45) is 0 Å². The first-order valence-corrected chi connectivity index (χ1v) is 4.02. The summed E-state index contributed by atoms with van der Waals surface area (Å²) in [5.74, 6) is 0.206. The Balaban J connectivity index is 2.63. The summed E-state index contributed by atoms with van der Waals surface area (Å²) in [6.07, 6.45) is 5.16. The molecule has 0 fully saturated rings. The number of rotatable bonds is 1. The van der Waals surface area contributed by atoms with E-state index in [1.165, 1.54) is 6.33 Å². The molecule has 2 rings (SSSR count). The van der Waals surface area contributed by atoms with Crippen LogP contribution in [-0.2, 0) is 6.42 Å². The van der Waals surface area contributed by atoms with Gasteiger partial charge in [-0.15, -0.1) is 6.58 Å². The predicted octanol–water partition coefficient (Wildman–Crippen LogP) is 0.986. The van der Waals surface area contributed by atoms with Crippen molar-refractivity contribution in [3.8, 4) is 0 Å². The molecule has 1 aliphatic rings. The summed E-state index contributed by atoms with van der Waals surface area (Å²) in [4.78, 5) is 18.0. The molecule has 1 aliphatic carbocycles. The number of nitrogens with zero attached hydrogens (tertiary/aromatic N) is 1. The highest BCUT2D eigenvalue weighted by atomic mass is 16.1. The number of aryl methyl sites for hydroxylation is 1. The van der Waals surface area contributed by atoms with E-state index in [1.807, 2.05) is 6.08 Å². The Hall–Kier alpha value is -1.38. The average Bonchev–Trinajstić information content (AvgIpc) is 2.49. The van der Waals surface area contributed by atoms with Gasteiger partial charge < -0.3 is 4.98 Å². The Morgan fingerprint density at radius 1 is 1.75 bits per heavy atom. The molecule has 0 bridgehead atoms. The lowest BCUT2D eigenvalue weighted by atomic mass is 10.1. The van der Waals surface area contributed by atoms with Crippen molar-refractivity contribution in [3.05, 3.63) is 40.6 Å². The third-order valence-corrected chi connectivity index (χ3v) is 2.32. The van der Waals surface area contributed by atoms with Crippen LogP contribution in [0.4, 0.5) is 0 Å². The normalized spacial score (nSPS) is 20.5. The molecule has 3 nitrogen and oxygen atoms in total. The van der Waals surface area contributed by atoms with Crippen LogP contribution < -0.4 is 5.56 Å². The molecule has 1 heterocycles. The van der Waals surface area contributed by atoms with E-state index in [0.717, 1.165) is 24.1 Å². The molecule has 1 atom stereocenters. The maximum Gasteiger partial charge on any atom is 0.254 e. The zero-order valence-corrected chi connectivity index (χ0v) is 6.71. The summed E-state index contributed by atoms with van der Waals surface area (Å²) in [5, 5.41) is 0. The van der Waals surface area contributed by atoms with Crippen molar-refractivity contribution < 1.29 is 0 Å². The molecule has 12 heavy (non-hydrogen) atoms. The van der Waals surface area contributed by atoms with Gasteiger partial charge in [-0.05, 0) is 12.8 Å². The first-order chi connectivity index (χ1) is 5.83. The fourth-order valence-electron chi connectivity index (χ4n) is 1.70. The number of aromatic amines is 1. The van der Waals surface area contributed by atoms with Gasteiger partial charge in [-0.25, -0.2) is 4.98 Å². The van der Waals surface area contributed by atoms with Crippen LogP contribution in [0.15, 0.2) is 23.8 Å². The molecule has 1 N–H and O–H groups in total. The Morgan fingerprint density at radius 2 is 2.58 bits per heavy atom. The van der Waals surface area contributed by atoms with E-state index in [1.54, 1.807) is 0 Å². The van der Waals surface area contributed by atoms with Crippen LogP contribution in [0.3, 0.4) is 0 Å². The molecule has 0 aliphatic heterocycles. The average molecular weight is 162 g/mol. The number of hydrogen-bond donors (Lipinski definition) is 1. The molecule has 0 radical (unpaired) electrons. The molecular formula is C9H10N2O. The maximum absolute atomic E-state index is 11.3. The number of nitrogens with one attached hydrogen (secondary N) is 1. The molecule has 3 heteroatoms. The smallest absolute Gasteiger partial charge is 0.254 e. The molecule has 0 spiro atoms. The van der Waals surface area contributed by atoms with Gasteiger partial charge >= 0.3 is 0 Å². The number of allylic oxidation sites excluding steroid dienone is 1. The minimum atomic E-state index is -0.0117. The van der Waals surface area contributed by atoms with Gasteiger partial charge in [0.1, 0.15) is 0 Å².